The lowest BCUT2D eigenvalue weighted by atomic mass is 9.98. The van der Waals surface area contributed by atoms with E-state index in [1.165, 1.54) is 15.9 Å². The van der Waals surface area contributed by atoms with Crippen LogP contribution < -0.4 is 0 Å². The quantitative estimate of drug-likeness (QED) is 0.289. The molecule has 0 radical (unpaired) electrons. The Morgan fingerprint density at radius 1 is 0.895 bits per heavy atom. The molecule has 204 valence electrons. The SMILES string of the molecule is C=CCOC(=O)[C@H](C(C)C)N(C)C(=O)C(CC(C)C)N(C)C(=O)OCC1c2ccccc2-c2ccccc21. The predicted octanol–water partition coefficient (Wildman–Crippen LogP) is 5.49. The summed E-state index contributed by atoms with van der Waals surface area (Å²) >= 11 is 0. The molecule has 1 aliphatic rings. The second-order valence-electron chi connectivity index (χ2n) is 10.6. The van der Waals surface area contributed by atoms with E-state index in [2.05, 4.69) is 30.8 Å². The number of amides is 2. The zero-order valence-electron chi connectivity index (χ0n) is 23.3. The Balaban J connectivity index is 1.77. The van der Waals surface area contributed by atoms with Gasteiger partial charge in [-0.15, -0.1) is 0 Å². The third-order valence-electron chi connectivity index (χ3n) is 7.05. The molecular weight excluding hydrogens is 480 g/mol. The van der Waals surface area contributed by atoms with Gasteiger partial charge in [0.2, 0.25) is 5.91 Å². The fraction of sp³-hybridized carbons (Fsp3) is 0.452. The minimum absolute atomic E-state index is 0.0686. The smallest absolute Gasteiger partial charge is 0.410 e. The molecular formula is C31H40N2O5. The Hall–Kier alpha value is -3.61. The first-order valence-corrected chi connectivity index (χ1v) is 13.2. The molecule has 7 heteroatoms. The third kappa shape index (κ3) is 6.26. The van der Waals surface area contributed by atoms with Crippen molar-refractivity contribution >= 4 is 18.0 Å². The molecule has 1 aliphatic carbocycles. The van der Waals surface area contributed by atoms with Crippen LogP contribution in [0, 0.1) is 11.8 Å². The summed E-state index contributed by atoms with van der Waals surface area (Å²) in [6, 6.07) is 14.7. The number of esters is 1. The van der Waals surface area contributed by atoms with Crippen LogP contribution in [0.3, 0.4) is 0 Å². The number of hydrogen-bond donors (Lipinski definition) is 0. The first-order chi connectivity index (χ1) is 18.1. The summed E-state index contributed by atoms with van der Waals surface area (Å²) in [5.74, 6) is -0.953. The molecule has 0 bridgehead atoms. The van der Waals surface area contributed by atoms with Crippen molar-refractivity contribution in [3.63, 3.8) is 0 Å². The van der Waals surface area contributed by atoms with Crippen LogP contribution in [0.2, 0.25) is 0 Å². The maximum absolute atomic E-state index is 13.7. The lowest BCUT2D eigenvalue weighted by molar-refractivity contribution is -0.156. The molecule has 38 heavy (non-hydrogen) atoms. The summed E-state index contributed by atoms with van der Waals surface area (Å²) in [5, 5.41) is 0. The van der Waals surface area contributed by atoms with Gasteiger partial charge in [-0.2, -0.15) is 0 Å². The Morgan fingerprint density at radius 2 is 1.45 bits per heavy atom. The molecule has 0 heterocycles. The Morgan fingerprint density at radius 3 is 1.95 bits per heavy atom. The second kappa shape index (κ2) is 12.8. The van der Waals surface area contributed by atoms with E-state index >= 15 is 0 Å². The van der Waals surface area contributed by atoms with E-state index in [0.29, 0.717) is 6.42 Å². The summed E-state index contributed by atoms with van der Waals surface area (Å²) in [7, 11) is 3.17. The number of rotatable bonds is 11. The molecule has 2 atom stereocenters. The van der Waals surface area contributed by atoms with E-state index in [1.807, 2.05) is 52.0 Å². The van der Waals surface area contributed by atoms with Crippen LogP contribution in [0.1, 0.15) is 51.2 Å². The topological polar surface area (TPSA) is 76.2 Å². The number of carbonyl (C=O) groups is 3. The van der Waals surface area contributed by atoms with Crippen LogP contribution >= 0.6 is 0 Å². The average Bonchev–Trinajstić information content (AvgIpc) is 3.21. The van der Waals surface area contributed by atoms with Gasteiger partial charge in [0, 0.05) is 20.0 Å². The van der Waals surface area contributed by atoms with Crippen LogP contribution in [0.5, 0.6) is 0 Å². The van der Waals surface area contributed by atoms with E-state index in [-0.39, 0.29) is 36.9 Å². The Labute approximate surface area is 226 Å². The van der Waals surface area contributed by atoms with Crippen molar-refractivity contribution in [3.8, 4) is 11.1 Å². The summed E-state index contributed by atoms with van der Waals surface area (Å²) in [4.78, 5) is 42.4. The molecule has 2 amide bonds. The summed E-state index contributed by atoms with van der Waals surface area (Å²) in [6.07, 6.45) is 1.34. The van der Waals surface area contributed by atoms with Crippen molar-refractivity contribution in [3.05, 3.63) is 72.3 Å². The molecule has 1 unspecified atom stereocenters. The van der Waals surface area contributed by atoms with Gasteiger partial charge in [0.05, 0.1) is 0 Å². The zero-order valence-corrected chi connectivity index (χ0v) is 23.3. The highest BCUT2D eigenvalue weighted by molar-refractivity contribution is 5.89. The first-order valence-electron chi connectivity index (χ1n) is 13.2. The molecule has 2 aromatic rings. The van der Waals surface area contributed by atoms with Gasteiger partial charge in [0.1, 0.15) is 25.3 Å². The van der Waals surface area contributed by atoms with E-state index in [0.717, 1.165) is 22.3 Å². The number of likely N-dealkylation sites (N-methyl/N-ethyl adjacent to an activating group) is 2. The van der Waals surface area contributed by atoms with Crippen molar-refractivity contribution in [1.82, 2.24) is 9.80 Å². The number of carbonyl (C=O) groups excluding carboxylic acids is 3. The summed E-state index contributed by atoms with van der Waals surface area (Å²) in [5.41, 5.74) is 4.54. The fourth-order valence-corrected chi connectivity index (χ4v) is 5.17. The normalized spacial score (nSPS) is 13.9. The van der Waals surface area contributed by atoms with Crippen molar-refractivity contribution in [2.24, 2.45) is 11.8 Å². The minimum Gasteiger partial charge on any atom is -0.460 e. The molecule has 7 nitrogen and oxygen atoms in total. The number of benzene rings is 2. The molecule has 0 spiro atoms. The van der Waals surface area contributed by atoms with Crippen LogP contribution in [0.25, 0.3) is 11.1 Å². The minimum atomic E-state index is -0.788. The third-order valence-corrected chi connectivity index (χ3v) is 7.05. The van der Waals surface area contributed by atoms with Gasteiger partial charge in [0.15, 0.2) is 0 Å². The zero-order chi connectivity index (χ0) is 28.0. The maximum Gasteiger partial charge on any atom is 0.410 e. The van der Waals surface area contributed by atoms with Gasteiger partial charge in [-0.05, 0) is 40.5 Å². The largest absolute Gasteiger partial charge is 0.460 e. The van der Waals surface area contributed by atoms with Gasteiger partial charge >= 0.3 is 12.1 Å². The molecule has 2 aromatic carbocycles. The highest BCUT2D eigenvalue weighted by Gasteiger charge is 2.38. The first kappa shape index (κ1) is 29.0. The summed E-state index contributed by atoms with van der Waals surface area (Å²) in [6.45, 7) is 11.5. The maximum atomic E-state index is 13.7. The monoisotopic (exact) mass is 520 g/mol. The van der Waals surface area contributed by atoms with E-state index in [4.69, 9.17) is 9.47 Å². The van der Waals surface area contributed by atoms with E-state index < -0.39 is 24.1 Å². The van der Waals surface area contributed by atoms with Crippen LogP contribution in [0.4, 0.5) is 4.79 Å². The van der Waals surface area contributed by atoms with Gasteiger partial charge in [-0.25, -0.2) is 9.59 Å². The molecule has 0 aliphatic heterocycles. The molecule has 0 N–H and O–H groups in total. The van der Waals surface area contributed by atoms with Gasteiger partial charge < -0.3 is 14.4 Å². The molecule has 3 rings (SSSR count). The van der Waals surface area contributed by atoms with E-state index in [9.17, 15) is 14.4 Å². The van der Waals surface area contributed by atoms with Crippen molar-refractivity contribution in [2.75, 3.05) is 27.3 Å². The van der Waals surface area contributed by atoms with Gasteiger partial charge in [-0.3, -0.25) is 9.69 Å². The summed E-state index contributed by atoms with van der Waals surface area (Å²) < 4.78 is 11.1. The highest BCUT2D eigenvalue weighted by Crippen LogP contribution is 2.44. The predicted molar refractivity (Wildman–Crippen MR) is 149 cm³/mol. The van der Waals surface area contributed by atoms with Crippen molar-refractivity contribution in [2.45, 2.75) is 52.1 Å². The van der Waals surface area contributed by atoms with Crippen LogP contribution in [-0.4, -0.2) is 67.2 Å². The van der Waals surface area contributed by atoms with Crippen LogP contribution in [-0.2, 0) is 19.1 Å². The number of hydrogen-bond acceptors (Lipinski definition) is 5. The van der Waals surface area contributed by atoms with Crippen molar-refractivity contribution < 1.29 is 23.9 Å². The number of nitrogens with zero attached hydrogens (tertiary/aromatic N) is 2. The molecule has 0 saturated carbocycles. The van der Waals surface area contributed by atoms with E-state index in [1.54, 1.807) is 14.1 Å². The molecule has 0 saturated heterocycles. The average molecular weight is 521 g/mol. The number of ether oxygens (including phenoxy) is 2. The molecule has 0 fully saturated rings. The van der Waals surface area contributed by atoms with Crippen LogP contribution in [0.15, 0.2) is 61.2 Å². The lowest BCUT2D eigenvalue weighted by Gasteiger charge is -2.35. The standard InChI is InChI=1S/C31H40N2O5/c1-8-17-37-30(35)28(21(4)5)33(7)29(34)27(18-20(2)3)32(6)31(36)38-19-26-24-15-11-9-13-22(24)23-14-10-12-16-25(23)26/h8-16,20-21,26-28H,1,17-19H2,2-7H3/t27?,28-/m0/s1. The fourth-order valence-electron chi connectivity index (χ4n) is 5.17. The number of fused-ring (bicyclic) bond motifs is 3. The lowest BCUT2D eigenvalue weighted by Crippen LogP contribution is -2.55. The van der Waals surface area contributed by atoms with Gasteiger partial charge in [0.25, 0.3) is 0 Å². The Kier molecular flexibility index (Phi) is 9.72. The highest BCUT2D eigenvalue weighted by atomic mass is 16.6. The van der Waals surface area contributed by atoms with Gasteiger partial charge in [-0.1, -0.05) is 88.9 Å². The second-order valence-corrected chi connectivity index (χ2v) is 10.6. The Bertz CT molecular complexity index is 1110. The van der Waals surface area contributed by atoms with Crippen molar-refractivity contribution in [1.29, 1.82) is 0 Å². The molecule has 0 aromatic heterocycles.